The molecule has 4 nitrogen and oxygen atoms in total. The molecule has 0 amide bonds. The first-order chi connectivity index (χ1) is 5.74. The Morgan fingerprint density at radius 2 is 1.92 bits per heavy atom. The zero-order chi connectivity index (χ0) is 8.97. The second-order valence-electron chi connectivity index (χ2n) is 2.15. The van der Waals surface area contributed by atoms with Gasteiger partial charge in [0, 0.05) is 7.05 Å². The maximum Gasteiger partial charge on any atom is 0.259 e. The van der Waals surface area contributed by atoms with Crippen LogP contribution in [-0.4, -0.2) is 15.8 Å². The zero-order valence-electron chi connectivity index (χ0n) is 6.57. The molecule has 1 atom stereocenters. The molecule has 0 heterocycles. The molecular formula is C7H10N2O2S. The third-order valence-corrected chi connectivity index (χ3v) is 1.79. The minimum atomic E-state index is -2.02. The van der Waals surface area contributed by atoms with Crippen LogP contribution in [0.1, 0.15) is 0 Å². The van der Waals surface area contributed by atoms with Crippen molar-refractivity contribution >= 4 is 22.6 Å². The highest BCUT2D eigenvalue weighted by atomic mass is 32.2. The monoisotopic (exact) mass is 186 g/mol. The smallest absolute Gasteiger partial charge is 0.259 e. The predicted octanol–water partition coefficient (Wildman–Crippen LogP) is 1.28. The molecule has 5 heteroatoms. The first kappa shape index (κ1) is 9.02. The molecule has 0 spiro atoms. The van der Waals surface area contributed by atoms with E-state index < -0.39 is 11.3 Å². The molecule has 0 saturated carbocycles. The minimum Gasteiger partial charge on any atom is -0.386 e. The Hall–Kier alpha value is -1.07. The van der Waals surface area contributed by atoms with Crippen LogP contribution in [0.4, 0.5) is 11.4 Å². The van der Waals surface area contributed by atoms with Crippen LogP contribution in [-0.2, 0) is 11.3 Å². The molecule has 1 aromatic rings. The van der Waals surface area contributed by atoms with E-state index in [1.54, 1.807) is 19.2 Å². The van der Waals surface area contributed by atoms with Crippen LogP contribution in [0.5, 0.6) is 0 Å². The minimum absolute atomic E-state index is 0.612. The van der Waals surface area contributed by atoms with Gasteiger partial charge in [0.25, 0.3) is 11.3 Å². The van der Waals surface area contributed by atoms with Crippen molar-refractivity contribution in [2.24, 2.45) is 0 Å². The van der Waals surface area contributed by atoms with Gasteiger partial charge in [-0.1, -0.05) is 12.1 Å². The summed E-state index contributed by atoms with van der Waals surface area (Å²) in [7, 11) is 1.75. The molecule has 1 aromatic carbocycles. The molecule has 0 aliphatic heterocycles. The Kier molecular flexibility index (Phi) is 3.07. The van der Waals surface area contributed by atoms with Gasteiger partial charge in [-0.05, 0) is 12.1 Å². The fraction of sp³-hybridized carbons (Fsp3) is 0.143. The summed E-state index contributed by atoms with van der Waals surface area (Å²) in [6.07, 6.45) is 0. The molecule has 0 fully saturated rings. The average Bonchev–Trinajstić information content (AvgIpc) is 2.04. The molecule has 0 aromatic heterocycles. The molecule has 3 N–H and O–H groups in total. The van der Waals surface area contributed by atoms with Gasteiger partial charge in [-0.15, -0.1) is 0 Å². The first-order valence-electron chi connectivity index (χ1n) is 3.38. The molecule has 0 radical (unpaired) electrons. The number of para-hydroxylation sites is 2. The van der Waals surface area contributed by atoms with Gasteiger partial charge >= 0.3 is 0 Å². The first-order valence-corrected chi connectivity index (χ1v) is 4.49. The van der Waals surface area contributed by atoms with Gasteiger partial charge in [0.1, 0.15) is 0 Å². The Balaban J connectivity index is 2.89. The number of hydrogen-bond donors (Lipinski definition) is 3. The largest absolute Gasteiger partial charge is 0.386 e. The topological polar surface area (TPSA) is 61.4 Å². The van der Waals surface area contributed by atoms with E-state index in [0.717, 1.165) is 5.69 Å². The molecule has 12 heavy (non-hydrogen) atoms. The molecule has 0 aliphatic carbocycles. The highest BCUT2D eigenvalue weighted by Gasteiger charge is 1.99. The van der Waals surface area contributed by atoms with E-state index in [2.05, 4.69) is 10.0 Å². The highest BCUT2D eigenvalue weighted by Crippen LogP contribution is 2.19. The Bertz CT molecular complexity index is 290. The summed E-state index contributed by atoms with van der Waals surface area (Å²) in [5.41, 5.74) is 1.40. The highest BCUT2D eigenvalue weighted by molar-refractivity contribution is 7.80. The third kappa shape index (κ3) is 2.21. The van der Waals surface area contributed by atoms with Crippen molar-refractivity contribution in [1.29, 1.82) is 0 Å². The SMILES string of the molecule is CNc1ccccc1NS(=O)O. The normalized spacial score (nSPS) is 12.2. The van der Waals surface area contributed by atoms with Crippen molar-refractivity contribution in [2.75, 3.05) is 17.1 Å². The second-order valence-corrected chi connectivity index (χ2v) is 2.85. The fourth-order valence-electron chi connectivity index (χ4n) is 0.884. The van der Waals surface area contributed by atoms with Crippen LogP contribution >= 0.6 is 0 Å². The van der Waals surface area contributed by atoms with E-state index in [-0.39, 0.29) is 0 Å². The van der Waals surface area contributed by atoms with Crippen molar-refractivity contribution in [1.82, 2.24) is 0 Å². The lowest BCUT2D eigenvalue weighted by Crippen LogP contribution is -2.04. The molecule has 0 saturated heterocycles. The van der Waals surface area contributed by atoms with Gasteiger partial charge < -0.3 is 5.32 Å². The summed E-state index contributed by atoms with van der Waals surface area (Å²) in [5.74, 6) is 0. The van der Waals surface area contributed by atoms with Gasteiger partial charge in [0.2, 0.25) is 0 Å². The van der Waals surface area contributed by atoms with Gasteiger partial charge in [0.05, 0.1) is 11.4 Å². The van der Waals surface area contributed by atoms with E-state index in [4.69, 9.17) is 4.55 Å². The molecule has 0 aliphatic rings. The lowest BCUT2D eigenvalue weighted by atomic mass is 10.3. The summed E-state index contributed by atoms with van der Waals surface area (Å²) >= 11 is -2.02. The Labute approximate surface area is 73.4 Å². The number of nitrogens with one attached hydrogen (secondary N) is 2. The third-order valence-electron chi connectivity index (χ3n) is 1.39. The number of hydrogen-bond acceptors (Lipinski definition) is 2. The standard InChI is InChI=1S/C7H10N2O2S/c1-8-6-4-2-3-5-7(6)9-12(10)11/h2-5,8-9H,1H3,(H,10,11). The second kappa shape index (κ2) is 4.08. The summed E-state index contributed by atoms with van der Waals surface area (Å²) in [6.45, 7) is 0. The van der Waals surface area contributed by atoms with E-state index in [9.17, 15) is 4.21 Å². The lowest BCUT2D eigenvalue weighted by molar-refractivity contribution is 0.570. The lowest BCUT2D eigenvalue weighted by Gasteiger charge is -2.07. The van der Waals surface area contributed by atoms with E-state index >= 15 is 0 Å². The fourth-order valence-corrected chi connectivity index (χ4v) is 1.25. The maximum absolute atomic E-state index is 10.4. The van der Waals surface area contributed by atoms with E-state index in [0.29, 0.717) is 5.69 Å². The Morgan fingerprint density at radius 1 is 1.33 bits per heavy atom. The number of benzene rings is 1. The number of rotatable bonds is 3. The van der Waals surface area contributed by atoms with Gasteiger partial charge in [0.15, 0.2) is 0 Å². The maximum atomic E-state index is 10.4. The Morgan fingerprint density at radius 3 is 2.42 bits per heavy atom. The van der Waals surface area contributed by atoms with Gasteiger partial charge in [-0.2, -0.15) is 0 Å². The van der Waals surface area contributed by atoms with E-state index in [1.807, 2.05) is 12.1 Å². The van der Waals surface area contributed by atoms with Gasteiger partial charge in [-0.3, -0.25) is 9.27 Å². The molecule has 0 bridgehead atoms. The summed E-state index contributed by atoms with van der Waals surface area (Å²) in [5, 5.41) is 2.89. The van der Waals surface area contributed by atoms with Crippen molar-refractivity contribution in [3.63, 3.8) is 0 Å². The molecular weight excluding hydrogens is 176 g/mol. The van der Waals surface area contributed by atoms with Crippen LogP contribution in [0.2, 0.25) is 0 Å². The zero-order valence-corrected chi connectivity index (χ0v) is 7.39. The predicted molar refractivity (Wildman–Crippen MR) is 50.4 cm³/mol. The van der Waals surface area contributed by atoms with E-state index in [1.165, 1.54) is 0 Å². The van der Waals surface area contributed by atoms with Crippen LogP contribution in [0.15, 0.2) is 24.3 Å². The van der Waals surface area contributed by atoms with Crippen LogP contribution in [0.25, 0.3) is 0 Å². The molecule has 1 rings (SSSR count). The van der Waals surface area contributed by atoms with Crippen LogP contribution in [0.3, 0.4) is 0 Å². The van der Waals surface area contributed by atoms with Crippen molar-refractivity contribution in [3.8, 4) is 0 Å². The number of anilines is 2. The van der Waals surface area contributed by atoms with Crippen molar-refractivity contribution in [2.45, 2.75) is 0 Å². The quantitative estimate of drug-likeness (QED) is 0.623. The van der Waals surface area contributed by atoms with Crippen molar-refractivity contribution in [3.05, 3.63) is 24.3 Å². The van der Waals surface area contributed by atoms with Crippen molar-refractivity contribution < 1.29 is 8.76 Å². The van der Waals surface area contributed by atoms with Crippen LogP contribution in [0, 0.1) is 0 Å². The average molecular weight is 186 g/mol. The summed E-state index contributed by atoms with van der Waals surface area (Å²) < 4.78 is 21.4. The van der Waals surface area contributed by atoms with Crippen LogP contribution < -0.4 is 10.0 Å². The summed E-state index contributed by atoms with van der Waals surface area (Å²) in [4.78, 5) is 0. The molecule has 1 unspecified atom stereocenters. The molecule has 66 valence electrons. The van der Waals surface area contributed by atoms with Gasteiger partial charge in [-0.25, -0.2) is 4.21 Å². The summed E-state index contributed by atoms with van der Waals surface area (Å²) in [6, 6.07) is 7.17.